The van der Waals surface area contributed by atoms with E-state index in [1.165, 1.54) is 6.33 Å². The number of hydrogen-bond donors (Lipinski definition) is 0. The predicted molar refractivity (Wildman–Crippen MR) is 99.1 cm³/mol. The van der Waals surface area contributed by atoms with E-state index in [0.717, 1.165) is 17.7 Å². The van der Waals surface area contributed by atoms with E-state index in [9.17, 15) is 10.1 Å². The maximum Gasteiger partial charge on any atom is 0.373 e. The number of nitrogens with zero attached hydrogens (tertiary/aromatic N) is 4. The van der Waals surface area contributed by atoms with E-state index in [4.69, 9.17) is 4.74 Å². The summed E-state index contributed by atoms with van der Waals surface area (Å²) in [6.07, 6.45) is 2.16. The molecule has 7 heteroatoms. The third kappa shape index (κ3) is 3.61. The largest absolute Gasteiger partial charge is 0.434 e. The number of rotatable bonds is 6. The molecule has 0 bridgehead atoms. The Hall–Kier alpha value is -3.48. The van der Waals surface area contributed by atoms with Crippen LogP contribution in [0.4, 0.5) is 17.2 Å². The zero-order valence-electron chi connectivity index (χ0n) is 14.5. The van der Waals surface area contributed by atoms with Crippen LogP contribution in [-0.2, 0) is 6.42 Å². The van der Waals surface area contributed by atoms with Crippen LogP contribution in [0.5, 0.6) is 11.6 Å². The summed E-state index contributed by atoms with van der Waals surface area (Å²) in [6, 6.07) is 16.6. The van der Waals surface area contributed by atoms with Gasteiger partial charge >= 0.3 is 11.6 Å². The van der Waals surface area contributed by atoms with Crippen molar-refractivity contribution in [1.82, 2.24) is 9.97 Å². The van der Waals surface area contributed by atoms with Crippen molar-refractivity contribution < 1.29 is 9.66 Å². The number of para-hydroxylation sites is 1. The molecule has 0 amide bonds. The Morgan fingerprint density at radius 1 is 1.08 bits per heavy atom. The first-order valence-electron chi connectivity index (χ1n) is 8.15. The minimum atomic E-state index is -0.523. The maximum atomic E-state index is 11.7. The maximum absolute atomic E-state index is 11.7. The number of anilines is 2. The minimum Gasteiger partial charge on any atom is -0.434 e. The fourth-order valence-electron chi connectivity index (χ4n) is 2.51. The Balaban J connectivity index is 1.99. The number of aryl methyl sites for hydroxylation is 1. The number of aromatic nitrogens is 2. The topological polar surface area (TPSA) is 81.4 Å². The predicted octanol–water partition coefficient (Wildman–Crippen LogP) is 4.51. The Labute approximate surface area is 151 Å². The van der Waals surface area contributed by atoms with Gasteiger partial charge in [0.25, 0.3) is 0 Å². The van der Waals surface area contributed by atoms with Gasteiger partial charge in [-0.15, -0.1) is 0 Å². The van der Waals surface area contributed by atoms with Crippen molar-refractivity contribution in [3.63, 3.8) is 0 Å². The number of ether oxygens (including phenoxy) is 1. The third-order valence-electron chi connectivity index (χ3n) is 3.96. The molecule has 3 rings (SSSR count). The molecule has 132 valence electrons. The molecule has 0 radical (unpaired) electrons. The zero-order chi connectivity index (χ0) is 18.5. The molecule has 3 aromatic rings. The number of nitro groups is 1. The van der Waals surface area contributed by atoms with Crippen LogP contribution in [0.3, 0.4) is 0 Å². The smallest absolute Gasteiger partial charge is 0.373 e. The Bertz CT molecular complexity index is 898. The highest BCUT2D eigenvalue weighted by atomic mass is 16.6. The fraction of sp³-hybridized carbons (Fsp3) is 0.158. The molecule has 0 unspecified atom stereocenters. The van der Waals surface area contributed by atoms with Gasteiger partial charge in [-0.05, 0) is 36.2 Å². The quantitative estimate of drug-likeness (QED) is 0.481. The third-order valence-corrected chi connectivity index (χ3v) is 3.96. The van der Waals surface area contributed by atoms with Gasteiger partial charge in [-0.3, -0.25) is 10.1 Å². The summed E-state index contributed by atoms with van der Waals surface area (Å²) < 4.78 is 5.68. The van der Waals surface area contributed by atoms with Gasteiger partial charge in [0, 0.05) is 12.7 Å². The summed E-state index contributed by atoms with van der Waals surface area (Å²) in [4.78, 5) is 20.9. The van der Waals surface area contributed by atoms with Crippen molar-refractivity contribution in [3.05, 3.63) is 76.6 Å². The van der Waals surface area contributed by atoms with Gasteiger partial charge in [0.15, 0.2) is 0 Å². The van der Waals surface area contributed by atoms with Crippen LogP contribution >= 0.6 is 0 Å². The van der Waals surface area contributed by atoms with Gasteiger partial charge in [-0.25, -0.2) is 4.98 Å². The molecule has 0 aliphatic carbocycles. The van der Waals surface area contributed by atoms with Crippen molar-refractivity contribution in [2.75, 3.05) is 11.9 Å². The average Bonchev–Trinajstić information content (AvgIpc) is 2.68. The van der Waals surface area contributed by atoms with Crippen LogP contribution in [0.25, 0.3) is 0 Å². The van der Waals surface area contributed by atoms with Gasteiger partial charge < -0.3 is 9.64 Å². The first-order chi connectivity index (χ1) is 12.6. The van der Waals surface area contributed by atoms with Crippen molar-refractivity contribution in [2.45, 2.75) is 13.3 Å². The summed E-state index contributed by atoms with van der Waals surface area (Å²) in [5, 5.41) is 11.7. The highest BCUT2D eigenvalue weighted by Gasteiger charge is 2.28. The average molecular weight is 350 g/mol. The summed E-state index contributed by atoms with van der Waals surface area (Å²) in [5.41, 5.74) is 1.64. The van der Waals surface area contributed by atoms with E-state index in [1.54, 1.807) is 24.1 Å². The van der Waals surface area contributed by atoms with Crippen LogP contribution in [0.2, 0.25) is 0 Å². The van der Waals surface area contributed by atoms with Crippen LogP contribution < -0.4 is 9.64 Å². The highest BCUT2D eigenvalue weighted by molar-refractivity contribution is 5.70. The first kappa shape index (κ1) is 17.3. The lowest BCUT2D eigenvalue weighted by Crippen LogP contribution is -2.14. The second-order valence-corrected chi connectivity index (χ2v) is 5.60. The Morgan fingerprint density at radius 2 is 1.77 bits per heavy atom. The standard InChI is InChI=1S/C19H18N4O3/c1-3-14-9-11-16(12-10-14)26-19-17(23(24)25)18(20-13-21-19)22(2)15-7-5-4-6-8-15/h4-13H,3H2,1-2H3. The van der Waals surface area contributed by atoms with Crippen LogP contribution in [0, 0.1) is 10.1 Å². The minimum absolute atomic E-state index is 0.0907. The van der Waals surface area contributed by atoms with Gasteiger partial charge in [0.1, 0.15) is 12.1 Å². The van der Waals surface area contributed by atoms with E-state index in [-0.39, 0.29) is 17.4 Å². The second-order valence-electron chi connectivity index (χ2n) is 5.60. The van der Waals surface area contributed by atoms with Crippen molar-refractivity contribution in [1.29, 1.82) is 0 Å². The molecule has 0 saturated carbocycles. The zero-order valence-corrected chi connectivity index (χ0v) is 14.5. The second kappa shape index (κ2) is 7.60. The lowest BCUT2D eigenvalue weighted by molar-refractivity contribution is -0.385. The molecule has 0 fully saturated rings. The van der Waals surface area contributed by atoms with Crippen LogP contribution in [0.1, 0.15) is 12.5 Å². The Morgan fingerprint density at radius 3 is 2.38 bits per heavy atom. The molecule has 0 aliphatic rings. The summed E-state index contributed by atoms with van der Waals surface area (Å²) in [7, 11) is 1.71. The molecule has 0 atom stereocenters. The Kier molecular flexibility index (Phi) is 5.07. The van der Waals surface area contributed by atoms with Crippen LogP contribution in [0.15, 0.2) is 60.9 Å². The summed E-state index contributed by atoms with van der Waals surface area (Å²) in [6.45, 7) is 2.05. The van der Waals surface area contributed by atoms with Crippen LogP contribution in [-0.4, -0.2) is 21.9 Å². The lowest BCUT2D eigenvalue weighted by Gasteiger charge is -2.18. The molecule has 26 heavy (non-hydrogen) atoms. The van der Waals surface area contributed by atoms with Crippen molar-refractivity contribution >= 4 is 17.2 Å². The van der Waals surface area contributed by atoms with Crippen molar-refractivity contribution in [2.24, 2.45) is 0 Å². The summed E-state index contributed by atoms with van der Waals surface area (Å²) >= 11 is 0. The van der Waals surface area contributed by atoms with Gasteiger partial charge in [0.05, 0.1) is 4.92 Å². The monoisotopic (exact) mass is 350 g/mol. The molecule has 2 aromatic carbocycles. The van der Waals surface area contributed by atoms with Gasteiger partial charge in [-0.2, -0.15) is 4.98 Å². The number of hydrogen-bond acceptors (Lipinski definition) is 6. The van der Waals surface area contributed by atoms with E-state index >= 15 is 0 Å². The van der Waals surface area contributed by atoms with E-state index < -0.39 is 4.92 Å². The molecule has 1 aromatic heterocycles. The SMILES string of the molecule is CCc1ccc(Oc2ncnc(N(C)c3ccccc3)c2[N+](=O)[O-])cc1. The van der Waals surface area contributed by atoms with E-state index in [0.29, 0.717) is 5.75 Å². The normalized spacial score (nSPS) is 10.4. The van der Waals surface area contributed by atoms with Gasteiger partial charge in [-0.1, -0.05) is 37.3 Å². The molecule has 0 aliphatic heterocycles. The van der Waals surface area contributed by atoms with E-state index in [2.05, 4.69) is 16.9 Å². The first-order valence-corrected chi connectivity index (χ1v) is 8.15. The summed E-state index contributed by atoms with van der Waals surface area (Å²) in [5.74, 6) is 0.556. The molecular weight excluding hydrogens is 332 g/mol. The lowest BCUT2D eigenvalue weighted by atomic mass is 10.2. The molecule has 0 spiro atoms. The molecule has 1 heterocycles. The fourth-order valence-corrected chi connectivity index (χ4v) is 2.51. The van der Waals surface area contributed by atoms with Gasteiger partial charge in [0.2, 0.25) is 5.82 Å². The number of benzene rings is 2. The van der Waals surface area contributed by atoms with E-state index in [1.807, 2.05) is 42.5 Å². The molecule has 0 N–H and O–H groups in total. The highest BCUT2D eigenvalue weighted by Crippen LogP contribution is 2.37. The molecule has 7 nitrogen and oxygen atoms in total. The molecular formula is C19H18N4O3. The van der Waals surface area contributed by atoms with Crippen molar-refractivity contribution in [3.8, 4) is 11.6 Å². The molecule has 0 saturated heterocycles.